The molecule has 1 aromatic carbocycles. The second-order valence-electron chi connectivity index (χ2n) is 12.5. The van der Waals surface area contributed by atoms with E-state index in [1.54, 1.807) is 24.3 Å². The van der Waals surface area contributed by atoms with Crippen molar-refractivity contribution in [2.75, 3.05) is 26.7 Å². The minimum Gasteiger partial charge on any atom is -0.481 e. The van der Waals surface area contributed by atoms with Crippen molar-refractivity contribution in [3.8, 4) is 0 Å². The summed E-state index contributed by atoms with van der Waals surface area (Å²) in [6, 6.07) is 3.51. The molecule has 304 valence electrons. The zero-order valence-corrected chi connectivity index (χ0v) is 31.0. The summed E-state index contributed by atoms with van der Waals surface area (Å²) in [6.07, 6.45) is 1.10. The summed E-state index contributed by atoms with van der Waals surface area (Å²) in [7, 11) is 1.07. The molecule has 0 aromatic heterocycles. The first-order valence-corrected chi connectivity index (χ1v) is 17.8. The molecule has 7 amide bonds. The molecule has 0 bridgehead atoms. The number of amides is 7. The number of likely N-dealkylation sites (tertiary alicyclic amines) is 1. The van der Waals surface area contributed by atoms with E-state index in [0.29, 0.717) is 25.7 Å². The average Bonchev–Trinajstić information content (AvgIpc) is 3.66. The van der Waals surface area contributed by atoms with Crippen molar-refractivity contribution in [3.63, 3.8) is 0 Å². The van der Waals surface area contributed by atoms with Gasteiger partial charge in [0.25, 0.3) is 5.91 Å². The number of hydrogen-bond donors (Lipinski definition) is 9. The Labute approximate surface area is 318 Å². The fourth-order valence-corrected chi connectivity index (χ4v) is 5.43. The van der Waals surface area contributed by atoms with Crippen LogP contribution >= 0.6 is 0 Å². The predicted octanol–water partition coefficient (Wildman–Crippen LogP) is -1.15. The van der Waals surface area contributed by atoms with Crippen molar-refractivity contribution in [1.29, 1.82) is 0 Å². The molecule has 55 heavy (non-hydrogen) atoms. The van der Waals surface area contributed by atoms with Gasteiger partial charge >= 0.3 is 24.1 Å². The minimum atomic E-state index is -1.26. The van der Waals surface area contributed by atoms with Crippen LogP contribution in [0.4, 0.5) is 9.59 Å². The van der Waals surface area contributed by atoms with Gasteiger partial charge in [0.2, 0.25) is 17.7 Å². The number of carbonyl (C=O) groups excluding carboxylic acids is 7. The van der Waals surface area contributed by atoms with Gasteiger partial charge in [0, 0.05) is 19.5 Å². The molecule has 11 N–H and O–H groups in total. The number of nitrogens with zero attached hydrogens (tertiary/aromatic N) is 2. The fraction of sp³-hybridized carbons (Fsp3) is 0.559. The number of aliphatic imine (C=N–C) groups is 1. The summed E-state index contributed by atoms with van der Waals surface area (Å²) in [5, 5.41) is 18.6. The van der Waals surface area contributed by atoms with Crippen LogP contribution in [0.2, 0.25) is 0 Å². The van der Waals surface area contributed by atoms with Gasteiger partial charge in [-0.1, -0.05) is 50.1 Å². The Kier molecular flexibility index (Phi) is 19.8. The third-order valence-corrected chi connectivity index (χ3v) is 8.24. The van der Waals surface area contributed by atoms with Crippen LogP contribution in [-0.4, -0.2) is 115 Å². The molecule has 4 atom stereocenters. The molecular formula is C34H52N10O11. The van der Waals surface area contributed by atoms with Gasteiger partial charge in [0.05, 0.1) is 13.7 Å². The molecule has 1 aliphatic heterocycles. The molecule has 1 aromatic rings. The first kappa shape index (κ1) is 45.0. The first-order chi connectivity index (χ1) is 26.2. The molecule has 2 rings (SSSR count). The number of hydrogen-bond acceptors (Lipinski definition) is 11. The summed E-state index contributed by atoms with van der Waals surface area (Å²) in [5.41, 5.74) is 15.9. The number of esters is 1. The lowest BCUT2D eigenvalue weighted by atomic mass is 10.1. The molecule has 1 aliphatic rings. The predicted molar refractivity (Wildman–Crippen MR) is 195 cm³/mol. The Balaban J connectivity index is 2.02. The van der Waals surface area contributed by atoms with Gasteiger partial charge < -0.3 is 52.2 Å². The monoisotopic (exact) mass is 776 g/mol. The van der Waals surface area contributed by atoms with Crippen molar-refractivity contribution < 1.29 is 52.9 Å². The van der Waals surface area contributed by atoms with E-state index in [0.717, 1.165) is 12.7 Å². The number of methoxy groups -OCH3 is 1. The van der Waals surface area contributed by atoms with Gasteiger partial charge in [-0.05, 0) is 44.1 Å². The van der Waals surface area contributed by atoms with Crippen molar-refractivity contribution >= 4 is 53.7 Å². The second kappa shape index (κ2) is 24.2. The van der Waals surface area contributed by atoms with Gasteiger partial charge in [-0.3, -0.25) is 34.4 Å². The lowest BCUT2D eigenvalue weighted by Crippen LogP contribution is -2.58. The minimum absolute atomic E-state index is 0.0372. The smallest absolute Gasteiger partial charge is 0.408 e. The molecule has 21 heteroatoms. The van der Waals surface area contributed by atoms with Crippen LogP contribution in [0.1, 0.15) is 70.3 Å². The number of guanidine groups is 1. The Morgan fingerprint density at radius 1 is 0.927 bits per heavy atom. The number of unbranched alkanes of at least 4 members (excludes halogenated alkanes) is 1. The van der Waals surface area contributed by atoms with Gasteiger partial charge in [-0.15, -0.1) is 0 Å². The van der Waals surface area contributed by atoms with Crippen LogP contribution in [0.3, 0.4) is 0 Å². The molecule has 0 unspecified atom stereocenters. The zero-order valence-electron chi connectivity index (χ0n) is 31.0. The summed E-state index contributed by atoms with van der Waals surface area (Å²) in [4.78, 5) is 106. The first-order valence-electron chi connectivity index (χ1n) is 17.8. The highest BCUT2D eigenvalue weighted by molar-refractivity contribution is 5.95. The number of alkyl carbamates (subject to hydrolysis) is 1. The lowest BCUT2D eigenvalue weighted by Gasteiger charge is -2.29. The lowest BCUT2D eigenvalue weighted by molar-refractivity contribution is -0.145. The number of hydrazine groups is 1. The Morgan fingerprint density at radius 3 is 2.29 bits per heavy atom. The van der Waals surface area contributed by atoms with E-state index >= 15 is 0 Å². The molecule has 0 radical (unpaired) electrons. The van der Waals surface area contributed by atoms with Crippen molar-refractivity contribution in [3.05, 3.63) is 35.9 Å². The van der Waals surface area contributed by atoms with Crippen LogP contribution in [-0.2, 0) is 44.8 Å². The highest BCUT2D eigenvalue weighted by Crippen LogP contribution is 2.20. The summed E-state index contributed by atoms with van der Waals surface area (Å²) < 4.78 is 9.86. The fourth-order valence-electron chi connectivity index (χ4n) is 5.43. The molecule has 0 spiro atoms. The standard InChI is InChI=1S/C34H52N10O11/c1-3-4-12-23(40-28(48)22(13-8-17-37-32(35)36)41-34(53)55-20-21-10-6-5-7-11-21)30(50)44-18-9-14-25(44)29(49)42-43-33(52)38-19-26(45)39-24(31(51)54-2)15-16-27(46)47/h5-7,10-11,22-25H,3-4,8-9,12-20H2,1-2H3,(H,39,45)(H,40,48)(H,41,53)(H,42,49)(H,46,47)(H4,35,36,37)(H2,38,43,52)/t22-,23-,24-,25-/m0/s1. The van der Waals surface area contributed by atoms with Crippen LogP contribution in [0.25, 0.3) is 0 Å². The maximum atomic E-state index is 13.9. The molecule has 1 heterocycles. The number of ether oxygens (including phenoxy) is 2. The maximum absolute atomic E-state index is 13.9. The Bertz CT molecular complexity index is 1510. The number of rotatable bonds is 21. The van der Waals surface area contributed by atoms with Crippen LogP contribution < -0.4 is 43.6 Å². The van der Waals surface area contributed by atoms with Gasteiger partial charge in [-0.2, -0.15) is 0 Å². The van der Waals surface area contributed by atoms with Crippen molar-refractivity contribution in [2.45, 2.75) is 95.5 Å². The number of nitrogens with two attached hydrogens (primary N) is 2. The summed E-state index contributed by atoms with van der Waals surface area (Å²) in [6.45, 7) is 1.61. The molecule has 1 saturated heterocycles. The third-order valence-electron chi connectivity index (χ3n) is 8.24. The van der Waals surface area contributed by atoms with E-state index in [1.165, 1.54) is 4.90 Å². The summed E-state index contributed by atoms with van der Waals surface area (Å²) >= 11 is 0. The van der Waals surface area contributed by atoms with Crippen LogP contribution in [0, 0.1) is 0 Å². The van der Waals surface area contributed by atoms with E-state index in [-0.39, 0.29) is 51.3 Å². The van der Waals surface area contributed by atoms with Gasteiger partial charge in [-0.25, -0.2) is 19.8 Å². The number of benzene rings is 1. The maximum Gasteiger partial charge on any atom is 0.408 e. The average molecular weight is 777 g/mol. The summed E-state index contributed by atoms with van der Waals surface area (Å²) in [5.74, 6) is -4.93. The van der Waals surface area contributed by atoms with Gasteiger partial charge in [0.15, 0.2) is 5.96 Å². The molecule has 1 fully saturated rings. The van der Waals surface area contributed by atoms with Crippen molar-refractivity contribution in [2.24, 2.45) is 16.5 Å². The number of urea groups is 1. The quantitative estimate of drug-likeness (QED) is 0.0235. The third kappa shape index (κ3) is 17.0. The molecule has 21 nitrogen and oxygen atoms in total. The molecular weight excluding hydrogens is 724 g/mol. The number of carboxylic acids is 1. The molecule has 0 aliphatic carbocycles. The van der Waals surface area contributed by atoms with Crippen LogP contribution in [0.15, 0.2) is 35.3 Å². The SMILES string of the molecule is CCCC[C@H](NC(=O)[C@H](CCCN=C(N)N)NC(=O)OCc1ccccc1)C(=O)N1CCC[C@H]1C(=O)NNC(=O)NCC(=O)N[C@@H](CCC(=O)O)C(=O)OC. The zero-order chi connectivity index (χ0) is 40.8. The number of nitrogens with one attached hydrogen (secondary N) is 6. The Hall–Kier alpha value is -6.15. The molecule has 0 saturated carbocycles. The normalized spacial score (nSPS) is 14.9. The second-order valence-corrected chi connectivity index (χ2v) is 12.5. The van der Waals surface area contributed by atoms with E-state index in [4.69, 9.17) is 21.3 Å². The Morgan fingerprint density at radius 2 is 1.64 bits per heavy atom. The van der Waals surface area contributed by atoms with E-state index in [9.17, 15) is 38.4 Å². The van der Waals surface area contributed by atoms with Crippen LogP contribution in [0.5, 0.6) is 0 Å². The largest absolute Gasteiger partial charge is 0.481 e. The highest BCUT2D eigenvalue weighted by atomic mass is 16.5. The van der Waals surface area contributed by atoms with E-state index in [1.807, 2.05) is 13.0 Å². The van der Waals surface area contributed by atoms with Crippen molar-refractivity contribution in [1.82, 2.24) is 37.0 Å². The number of aliphatic carboxylic acids is 1. The van der Waals surface area contributed by atoms with E-state index < -0.39 is 84.8 Å². The van der Waals surface area contributed by atoms with Gasteiger partial charge in [0.1, 0.15) is 30.8 Å². The van der Waals surface area contributed by atoms with E-state index in [2.05, 4.69) is 41.8 Å². The topological polar surface area (TPSA) is 315 Å². The number of carboxylic acid groups (broad SMARTS) is 1. The highest BCUT2D eigenvalue weighted by Gasteiger charge is 2.38. The number of carbonyl (C=O) groups is 8.